The molecule has 174 valence electrons. The van der Waals surface area contributed by atoms with Gasteiger partial charge in [0.25, 0.3) is 0 Å². The molecule has 0 heterocycles. The van der Waals surface area contributed by atoms with Gasteiger partial charge in [0, 0.05) is 12.0 Å². The maximum absolute atomic E-state index is 13.4. The number of ether oxygens (including phenoxy) is 2. The Labute approximate surface area is 180 Å². The monoisotopic (exact) mass is 478 g/mol. The summed E-state index contributed by atoms with van der Waals surface area (Å²) in [5.41, 5.74) is 0.675. The van der Waals surface area contributed by atoms with Crippen LogP contribution in [0.1, 0.15) is 25.3 Å². The predicted octanol–water partition coefficient (Wildman–Crippen LogP) is 4.26. The number of esters is 2. The summed E-state index contributed by atoms with van der Waals surface area (Å²) in [6.07, 6.45) is -3.05. The summed E-state index contributed by atoms with van der Waals surface area (Å²) in [7, 11) is -6.37. The van der Waals surface area contributed by atoms with Crippen LogP contribution in [0.15, 0.2) is 48.6 Å². The van der Waals surface area contributed by atoms with Gasteiger partial charge in [-0.15, -0.1) is 0 Å². The zero-order chi connectivity index (χ0) is 24.3. The van der Waals surface area contributed by atoms with Gasteiger partial charge in [-0.3, -0.25) is 9.35 Å². The number of carbonyl (C=O) groups is 2. The molecule has 0 aliphatic heterocycles. The fourth-order valence-corrected chi connectivity index (χ4v) is 2.93. The van der Waals surface area contributed by atoms with Crippen LogP contribution in [0.5, 0.6) is 5.75 Å². The first-order chi connectivity index (χ1) is 14.6. The van der Waals surface area contributed by atoms with Crippen LogP contribution in [0.3, 0.4) is 0 Å². The van der Waals surface area contributed by atoms with Gasteiger partial charge in [0.1, 0.15) is 12.4 Å². The van der Waals surface area contributed by atoms with E-state index < -0.39 is 46.1 Å². The molecule has 0 radical (unpaired) electrons. The van der Waals surface area contributed by atoms with Crippen LogP contribution in [0.2, 0.25) is 0 Å². The second-order valence-electron chi connectivity index (χ2n) is 6.87. The van der Waals surface area contributed by atoms with Crippen molar-refractivity contribution in [2.75, 3.05) is 0 Å². The summed E-state index contributed by atoms with van der Waals surface area (Å²) >= 11 is 0. The van der Waals surface area contributed by atoms with Crippen LogP contribution in [-0.4, -0.2) is 36.1 Å². The van der Waals surface area contributed by atoms with Gasteiger partial charge >= 0.3 is 33.2 Å². The van der Waals surface area contributed by atoms with E-state index in [0.29, 0.717) is 16.3 Å². The molecule has 0 fully saturated rings. The number of benzene rings is 2. The van der Waals surface area contributed by atoms with Gasteiger partial charge in [0.2, 0.25) is 0 Å². The summed E-state index contributed by atoms with van der Waals surface area (Å²) in [6.45, 7) is 4.61. The molecule has 2 aromatic rings. The summed E-state index contributed by atoms with van der Waals surface area (Å²) < 4.78 is 92.1. The SMILES string of the molecule is C=C(C)C(=O)Oc1ccc2cc(COC(=O)CCC(F)(F)C(F)(F)S(=O)(=O)O)ccc2c1. The molecule has 2 aromatic carbocycles. The Hall–Kier alpha value is -2.99. The fraction of sp³-hybridized carbons (Fsp3) is 0.300. The molecule has 0 saturated heterocycles. The zero-order valence-electron chi connectivity index (χ0n) is 16.6. The van der Waals surface area contributed by atoms with Gasteiger partial charge in [0.05, 0.1) is 6.42 Å². The van der Waals surface area contributed by atoms with Gasteiger partial charge in [0.15, 0.2) is 0 Å². The Kier molecular flexibility index (Phi) is 7.30. The van der Waals surface area contributed by atoms with E-state index in [0.717, 1.165) is 0 Å². The minimum absolute atomic E-state index is 0.224. The number of halogens is 4. The molecular weight excluding hydrogens is 460 g/mol. The highest BCUT2D eigenvalue weighted by Gasteiger charge is 2.65. The third-order valence-electron chi connectivity index (χ3n) is 4.23. The minimum Gasteiger partial charge on any atom is -0.461 e. The van der Waals surface area contributed by atoms with E-state index in [4.69, 9.17) is 14.0 Å². The van der Waals surface area contributed by atoms with E-state index in [1.54, 1.807) is 30.3 Å². The predicted molar refractivity (Wildman–Crippen MR) is 105 cm³/mol. The minimum atomic E-state index is -6.37. The second-order valence-corrected chi connectivity index (χ2v) is 8.33. The van der Waals surface area contributed by atoms with Crippen molar-refractivity contribution in [3.05, 3.63) is 54.1 Å². The van der Waals surface area contributed by atoms with Crippen molar-refractivity contribution < 1.29 is 49.6 Å². The van der Waals surface area contributed by atoms with Crippen molar-refractivity contribution in [3.8, 4) is 5.75 Å². The molecule has 0 saturated carbocycles. The second kappa shape index (κ2) is 9.25. The van der Waals surface area contributed by atoms with E-state index in [1.807, 2.05) is 0 Å². The Morgan fingerprint density at radius 2 is 1.66 bits per heavy atom. The quantitative estimate of drug-likeness (QED) is 0.189. The lowest BCUT2D eigenvalue weighted by molar-refractivity contribution is -0.171. The third-order valence-corrected chi connectivity index (χ3v) is 5.17. The first-order valence-corrected chi connectivity index (χ1v) is 10.4. The van der Waals surface area contributed by atoms with Gasteiger partial charge in [-0.2, -0.15) is 26.0 Å². The molecular formula is C20H18F4O7S. The molecule has 0 spiro atoms. The molecule has 0 aromatic heterocycles. The van der Waals surface area contributed by atoms with E-state index in [-0.39, 0.29) is 17.9 Å². The Bertz CT molecular complexity index is 1160. The lowest BCUT2D eigenvalue weighted by Crippen LogP contribution is -2.47. The Morgan fingerprint density at radius 1 is 1.06 bits per heavy atom. The molecule has 1 N–H and O–H groups in total. The summed E-state index contributed by atoms with van der Waals surface area (Å²) in [6, 6.07) is 9.51. The van der Waals surface area contributed by atoms with Gasteiger partial charge in [-0.05, 0) is 41.5 Å². The van der Waals surface area contributed by atoms with E-state index in [1.165, 1.54) is 13.0 Å². The number of alkyl halides is 4. The zero-order valence-corrected chi connectivity index (χ0v) is 17.4. The van der Waals surface area contributed by atoms with Crippen LogP contribution < -0.4 is 4.74 Å². The fourth-order valence-electron chi connectivity index (χ4n) is 2.45. The topological polar surface area (TPSA) is 107 Å². The van der Waals surface area contributed by atoms with E-state index >= 15 is 0 Å². The van der Waals surface area contributed by atoms with Gasteiger partial charge in [-0.25, -0.2) is 4.79 Å². The molecule has 12 heteroatoms. The molecule has 2 rings (SSSR count). The third kappa shape index (κ3) is 5.82. The van der Waals surface area contributed by atoms with Crippen LogP contribution in [0.25, 0.3) is 10.8 Å². The van der Waals surface area contributed by atoms with Crippen molar-refractivity contribution in [2.45, 2.75) is 37.5 Å². The van der Waals surface area contributed by atoms with Crippen LogP contribution in [0.4, 0.5) is 17.6 Å². The summed E-state index contributed by atoms with van der Waals surface area (Å²) in [4.78, 5) is 23.2. The van der Waals surface area contributed by atoms with E-state index in [2.05, 4.69) is 6.58 Å². The highest BCUT2D eigenvalue weighted by molar-refractivity contribution is 7.87. The van der Waals surface area contributed by atoms with Gasteiger partial charge < -0.3 is 9.47 Å². The number of hydrogen-bond donors (Lipinski definition) is 1. The van der Waals surface area contributed by atoms with Crippen molar-refractivity contribution in [2.24, 2.45) is 0 Å². The van der Waals surface area contributed by atoms with Crippen LogP contribution >= 0.6 is 0 Å². The van der Waals surface area contributed by atoms with Crippen LogP contribution in [0, 0.1) is 0 Å². The van der Waals surface area contributed by atoms with Crippen LogP contribution in [-0.2, 0) is 31.1 Å². The molecule has 0 atom stereocenters. The van der Waals surface area contributed by atoms with Crippen molar-refractivity contribution >= 4 is 32.8 Å². The molecule has 32 heavy (non-hydrogen) atoms. The molecule has 0 unspecified atom stereocenters. The first kappa shape index (κ1) is 25.3. The molecule has 7 nitrogen and oxygen atoms in total. The van der Waals surface area contributed by atoms with E-state index in [9.17, 15) is 35.6 Å². The summed E-state index contributed by atoms with van der Waals surface area (Å²) in [5, 5.41) is -4.39. The van der Waals surface area contributed by atoms with Crippen molar-refractivity contribution in [1.29, 1.82) is 0 Å². The molecule has 0 bridgehead atoms. The van der Waals surface area contributed by atoms with Crippen molar-refractivity contribution in [1.82, 2.24) is 0 Å². The normalized spacial score (nSPS) is 12.4. The number of rotatable bonds is 9. The molecule has 0 aliphatic carbocycles. The number of carbonyl (C=O) groups excluding carboxylic acids is 2. The highest BCUT2D eigenvalue weighted by Crippen LogP contribution is 2.41. The van der Waals surface area contributed by atoms with Crippen molar-refractivity contribution in [3.63, 3.8) is 0 Å². The number of hydrogen-bond acceptors (Lipinski definition) is 6. The maximum Gasteiger partial charge on any atom is 0.431 e. The smallest absolute Gasteiger partial charge is 0.431 e. The Morgan fingerprint density at radius 3 is 2.25 bits per heavy atom. The summed E-state index contributed by atoms with van der Waals surface area (Å²) in [5.74, 6) is -6.74. The highest BCUT2D eigenvalue weighted by atomic mass is 32.2. The molecule has 0 amide bonds. The van der Waals surface area contributed by atoms with Gasteiger partial charge in [-0.1, -0.05) is 24.8 Å². The lowest BCUT2D eigenvalue weighted by Gasteiger charge is -2.23. The Balaban J connectivity index is 1.98. The first-order valence-electron chi connectivity index (χ1n) is 8.93. The number of fused-ring (bicyclic) bond motifs is 1. The largest absolute Gasteiger partial charge is 0.461 e. The average molecular weight is 478 g/mol. The maximum atomic E-state index is 13.4. The standard InChI is InChI=1S/C20H18F4O7S/c1-12(2)18(26)31-16-6-5-14-9-13(3-4-15(14)10-16)11-30-17(25)7-8-19(21,22)20(23,24)32(27,28)29/h3-6,9-10H,1,7-8,11H2,2H3,(H,27,28,29). The average Bonchev–Trinajstić information content (AvgIpc) is 2.69. The lowest BCUT2D eigenvalue weighted by atomic mass is 10.1. The molecule has 0 aliphatic rings.